The van der Waals surface area contributed by atoms with Crippen LogP contribution in [0, 0.1) is 5.82 Å². The van der Waals surface area contributed by atoms with Crippen LogP contribution in [0.3, 0.4) is 0 Å². The molecule has 1 heterocycles. The molecule has 0 saturated heterocycles. The molecule has 0 aliphatic heterocycles. The van der Waals surface area contributed by atoms with Crippen molar-refractivity contribution >= 4 is 22.6 Å². The zero-order valence-electron chi connectivity index (χ0n) is 22.1. The smallest absolute Gasteiger partial charge is 0.305 e. The van der Waals surface area contributed by atoms with E-state index in [1.54, 1.807) is 37.4 Å². The number of nitrogens with zero attached hydrogens (tertiary/aromatic N) is 2. The van der Waals surface area contributed by atoms with Crippen LogP contribution in [0.4, 0.5) is 4.39 Å². The van der Waals surface area contributed by atoms with Gasteiger partial charge < -0.3 is 15.2 Å². The Balaban J connectivity index is 1.51. The molecule has 202 valence electrons. The Hall–Kier alpha value is -4.98. The molecule has 0 spiro atoms. The predicted molar refractivity (Wildman–Crippen MR) is 152 cm³/mol. The largest absolute Gasteiger partial charge is 0.497 e. The summed E-state index contributed by atoms with van der Waals surface area (Å²) in [7, 11) is 1.64. The lowest BCUT2D eigenvalue weighted by molar-refractivity contribution is -0.136. The van der Waals surface area contributed by atoms with Crippen molar-refractivity contribution in [2.45, 2.75) is 19.4 Å². The van der Waals surface area contributed by atoms with Crippen molar-refractivity contribution in [3.8, 4) is 28.3 Å². The highest BCUT2D eigenvalue weighted by Crippen LogP contribution is 2.34. The van der Waals surface area contributed by atoms with E-state index in [9.17, 15) is 14.0 Å². The molecule has 0 aliphatic carbocycles. The molecule has 0 aliphatic rings. The fraction of sp³-hybridized carbons (Fsp3) is 0.156. The van der Waals surface area contributed by atoms with Crippen LogP contribution >= 0.6 is 0 Å². The quantitative estimate of drug-likeness (QED) is 0.229. The number of methoxy groups -OCH3 is 1. The number of carbonyl (C=O) groups is 2. The van der Waals surface area contributed by atoms with Gasteiger partial charge in [0.2, 0.25) is 0 Å². The number of carbonyl (C=O) groups excluding carboxylic acids is 1. The molecule has 1 atom stereocenters. The maximum atomic E-state index is 14.7. The molecule has 1 unspecified atom stereocenters. The van der Waals surface area contributed by atoms with Crippen molar-refractivity contribution in [2.75, 3.05) is 13.7 Å². The highest BCUT2D eigenvalue weighted by Gasteiger charge is 2.20. The normalized spacial score (nSPS) is 11.8. The van der Waals surface area contributed by atoms with E-state index in [1.807, 2.05) is 60.1 Å². The first-order valence-corrected chi connectivity index (χ1v) is 12.9. The fourth-order valence-corrected chi connectivity index (χ4v) is 4.66. The minimum absolute atomic E-state index is 0.0559. The van der Waals surface area contributed by atoms with Gasteiger partial charge in [0.1, 0.15) is 11.6 Å². The zero-order chi connectivity index (χ0) is 28.2. The Morgan fingerprint density at radius 3 is 2.42 bits per heavy atom. The third kappa shape index (κ3) is 5.56. The second-order valence-electron chi connectivity index (χ2n) is 9.46. The molecule has 2 N–H and O–H groups in total. The lowest BCUT2D eigenvalue weighted by Crippen LogP contribution is -2.26. The zero-order valence-corrected chi connectivity index (χ0v) is 22.1. The molecule has 1 amide bonds. The first-order chi connectivity index (χ1) is 19.3. The Labute approximate surface area is 230 Å². The van der Waals surface area contributed by atoms with E-state index in [2.05, 4.69) is 11.4 Å². The Kier molecular flexibility index (Phi) is 7.59. The summed E-state index contributed by atoms with van der Waals surface area (Å²) < 4.78 is 22.0. The average Bonchev–Trinajstić information content (AvgIpc) is 3.41. The number of benzene rings is 4. The van der Waals surface area contributed by atoms with Gasteiger partial charge >= 0.3 is 5.97 Å². The van der Waals surface area contributed by atoms with Crippen LogP contribution in [-0.2, 0) is 4.79 Å². The lowest BCUT2D eigenvalue weighted by Gasteiger charge is -2.17. The molecule has 0 fully saturated rings. The Bertz CT molecular complexity index is 1690. The van der Waals surface area contributed by atoms with Crippen molar-refractivity contribution < 1.29 is 23.8 Å². The lowest BCUT2D eigenvalue weighted by atomic mass is 10.0. The molecular weight excluding hydrogens is 509 g/mol. The van der Waals surface area contributed by atoms with Gasteiger partial charge in [-0.2, -0.15) is 5.10 Å². The van der Waals surface area contributed by atoms with Crippen LogP contribution in [0.2, 0.25) is 0 Å². The van der Waals surface area contributed by atoms with E-state index in [0.29, 0.717) is 16.8 Å². The van der Waals surface area contributed by atoms with Gasteiger partial charge in [-0.15, -0.1) is 0 Å². The van der Waals surface area contributed by atoms with Gasteiger partial charge in [-0.25, -0.2) is 4.39 Å². The van der Waals surface area contributed by atoms with E-state index in [0.717, 1.165) is 33.3 Å². The number of carboxylic acid groups (broad SMARTS) is 1. The monoisotopic (exact) mass is 537 g/mol. The van der Waals surface area contributed by atoms with E-state index in [4.69, 9.17) is 14.9 Å². The molecule has 1 aromatic heterocycles. The predicted octanol–water partition coefficient (Wildman–Crippen LogP) is 6.33. The standard InChI is InChI=1S/C32H28FN3O4/c1-20(21-7-9-22(10-8-21)32(39)34-16-15-31(37)38)36-30(19-29(35-36)27-5-3-4-6-28(27)33)25-12-11-24-18-26(40-2)14-13-23(24)17-25/h3-14,17-20H,15-16H2,1-2H3,(H,34,39)(H,37,38). The topological polar surface area (TPSA) is 93.5 Å². The van der Waals surface area contributed by atoms with Crippen LogP contribution in [0.5, 0.6) is 5.75 Å². The van der Waals surface area contributed by atoms with E-state index in [1.165, 1.54) is 6.07 Å². The number of halogens is 1. The molecule has 7 nitrogen and oxygen atoms in total. The molecule has 8 heteroatoms. The van der Waals surface area contributed by atoms with Gasteiger partial charge in [0.15, 0.2) is 0 Å². The molecule has 40 heavy (non-hydrogen) atoms. The van der Waals surface area contributed by atoms with Crippen molar-refractivity contribution in [3.63, 3.8) is 0 Å². The minimum atomic E-state index is -0.972. The SMILES string of the molecule is COc1ccc2cc(-c3cc(-c4ccccc4F)nn3C(C)c3ccc(C(=O)NCCC(=O)O)cc3)ccc2c1. The third-order valence-electron chi connectivity index (χ3n) is 6.88. The van der Waals surface area contributed by atoms with Gasteiger partial charge in [-0.1, -0.05) is 42.5 Å². The number of amides is 1. The summed E-state index contributed by atoms with van der Waals surface area (Å²) in [6, 6.07) is 27.3. The van der Waals surface area contributed by atoms with Crippen LogP contribution in [0.15, 0.2) is 91.0 Å². The molecule has 5 rings (SSSR count). The maximum absolute atomic E-state index is 14.7. The van der Waals surface area contributed by atoms with Crippen LogP contribution in [0.25, 0.3) is 33.3 Å². The molecular formula is C32H28FN3O4. The highest BCUT2D eigenvalue weighted by atomic mass is 19.1. The number of rotatable bonds is 9. The molecule has 4 aromatic carbocycles. The summed E-state index contributed by atoms with van der Waals surface area (Å²) in [5, 5.41) is 18.3. The van der Waals surface area contributed by atoms with Gasteiger partial charge in [-0.05, 0) is 71.8 Å². The maximum Gasteiger partial charge on any atom is 0.305 e. The molecule has 0 radical (unpaired) electrons. The van der Waals surface area contributed by atoms with Crippen molar-refractivity contribution in [2.24, 2.45) is 0 Å². The Morgan fingerprint density at radius 2 is 1.70 bits per heavy atom. The third-order valence-corrected chi connectivity index (χ3v) is 6.88. The van der Waals surface area contributed by atoms with Crippen LogP contribution in [-0.4, -0.2) is 40.4 Å². The van der Waals surface area contributed by atoms with Gasteiger partial charge in [0.25, 0.3) is 5.91 Å². The van der Waals surface area contributed by atoms with Crippen molar-refractivity contribution in [3.05, 3.63) is 108 Å². The summed E-state index contributed by atoms with van der Waals surface area (Å²) >= 11 is 0. The van der Waals surface area contributed by atoms with Crippen LogP contribution in [0.1, 0.15) is 35.3 Å². The summed E-state index contributed by atoms with van der Waals surface area (Å²) in [4.78, 5) is 23.1. The van der Waals surface area contributed by atoms with Gasteiger partial charge in [0, 0.05) is 23.2 Å². The molecule has 0 bridgehead atoms. The number of aliphatic carboxylic acids is 1. The number of ether oxygens (including phenoxy) is 1. The number of nitrogens with one attached hydrogen (secondary N) is 1. The first-order valence-electron chi connectivity index (χ1n) is 12.9. The highest BCUT2D eigenvalue weighted by molar-refractivity contribution is 5.94. The summed E-state index contributed by atoms with van der Waals surface area (Å²) in [6.45, 7) is 2.05. The van der Waals surface area contributed by atoms with E-state index < -0.39 is 5.97 Å². The summed E-state index contributed by atoms with van der Waals surface area (Å²) in [6.07, 6.45) is -0.143. The van der Waals surface area contributed by atoms with Crippen molar-refractivity contribution in [1.82, 2.24) is 15.1 Å². The van der Waals surface area contributed by atoms with E-state index in [-0.39, 0.29) is 30.7 Å². The van der Waals surface area contributed by atoms with Crippen LogP contribution < -0.4 is 10.1 Å². The van der Waals surface area contributed by atoms with E-state index >= 15 is 0 Å². The average molecular weight is 538 g/mol. The second kappa shape index (κ2) is 11.4. The summed E-state index contributed by atoms with van der Waals surface area (Å²) in [5.74, 6) is -0.884. The second-order valence-corrected chi connectivity index (χ2v) is 9.46. The fourth-order valence-electron chi connectivity index (χ4n) is 4.66. The number of fused-ring (bicyclic) bond motifs is 1. The number of aromatic nitrogens is 2. The van der Waals surface area contributed by atoms with Crippen molar-refractivity contribution in [1.29, 1.82) is 0 Å². The molecule has 0 saturated carbocycles. The molecule has 5 aromatic rings. The number of hydrogen-bond acceptors (Lipinski definition) is 4. The van der Waals surface area contributed by atoms with Gasteiger partial charge in [0.05, 0.1) is 31.0 Å². The first kappa shape index (κ1) is 26.6. The summed E-state index contributed by atoms with van der Waals surface area (Å²) in [5.41, 5.74) is 4.00. The number of hydrogen-bond donors (Lipinski definition) is 2. The Morgan fingerprint density at radius 1 is 0.975 bits per heavy atom. The minimum Gasteiger partial charge on any atom is -0.497 e. The number of carboxylic acids is 1. The van der Waals surface area contributed by atoms with Gasteiger partial charge in [-0.3, -0.25) is 14.3 Å².